The third-order valence-corrected chi connectivity index (χ3v) is 6.44. The number of thioether (sulfide) groups is 1. The van der Waals surface area contributed by atoms with Crippen molar-refractivity contribution in [2.24, 2.45) is 0 Å². The Kier molecular flexibility index (Phi) is 6.32. The number of fused-ring (bicyclic) bond motifs is 1. The third kappa shape index (κ3) is 4.32. The number of carbonyl (C=O) groups is 1. The van der Waals surface area contributed by atoms with Crippen LogP contribution in [-0.2, 0) is 11.2 Å². The van der Waals surface area contributed by atoms with Crippen molar-refractivity contribution in [3.8, 4) is 11.5 Å². The Hall–Kier alpha value is -3.19. The molecule has 0 saturated carbocycles. The Bertz CT molecular complexity index is 1070. The van der Waals surface area contributed by atoms with Crippen molar-refractivity contribution in [3.05, 3.63) is 88.8 Å². The predicted octanol–water partition coefficient (Wildman–Crippen LogP) is 3.60. The molecule has 6 nitrogen and oxygen atoms in total. The Balaban J connectivity index is 1.68. The van der Waals surface area contributed by atoms with Gasteiger partial charge in [0.05, 0.1) is 26.0 Å². The molecule has 0 spiro atoms. The molecule has 1 aromatic heterocycles. The van der Waals surface area contributed by atoms with Gasteiger partial charge in [0.2, 0.25) is 5.91 Å². The molecule has 2 heterocycles. The molecule has 2 aromatic carbocycles. The van der Waals surface area contributed by atoms with Crippen LogP contribution in [0.25, 0.3) is 0 Å². The Morgan fingerprint density at radius 3 is 2.52 bits per heavy atom. The number of nitrogens with zero attached hydrogens (tertiary/aromatic N) is 2. The van der Waals surface area contributed by atoms with Crippen LogP contribution < -0.4 is 14.2 Å². The lowest BCUT2D eigenvalue weighted by molar-refractivity contribution is -0.645. The van der Waals surface area contributed by atoms with Crippen molar-refractivity contribution in [3.63, 3.8) is 0 Å². The van der Waals surface area contributed by atoms with Crippen molar-refractivity contribution in [1.29, 1.82) is 0 Å². The third-order valence-electron chi connectivity index (χ3n) is 5.44. The number of hydrogen-bond donors (Lipinski definition) is 0. The van der Waals surface area contributed by atoms with Crippen molar-refractivity contribution >= 4 is 17.7 Å². The van der Waals surface area contributed by atoms with E-state index in [0.717, 1.165) is 27.8 Å². The minimum Gasteiger partial charge on any atom is -0.618 e. The zero-order chi connectivity index (χ0) is 21.8. The van der Waals surface area contributed by atoms with Crippen LogP contribution in [0.2, 0.25) is 0 Å². The molecule has 0 bridgehead atoms. The second-order valence-corrected chi connectivity index (χ2v) is 8.21. The molecule has 1 atom stereocenters. The Morgan fingerprint density at radius 2 is 1.81 bits per heavy atom. The van der Waals surface area contributed by atoms with Gasteiger partial charge in [0.1, 0.15) is 0 Å². The lowest BCUT2D eigenvalue weighted by atomic mass is 9.87. The van der Waals surface area contributed by atoms with Crippen LogP contribution in [0.5, 0.6) is 11.5 Å². The topological polar surface area (TPSA) is 65.7 Å². The first-order valence-corrected chi connectivity index (χ1v) is 11.0. The molecular formula is C24H24N2O4S. The minimum atomic E-state index is -0.229. The lowest BCUT2D eigenvalue weighted by Gasteiger charge is -2.38. The monoisotopic (exact) mass is 436 g/mol. The van der Waals surface area contributed by atoms with Crippen LogP contribution in [-0.4, -0.2) is 37.3 Å². The molecule has 4 rings (SSSR count). The van der Waals surface area contributed by atoms with Crippen molar-refractivity contribution in [2.45, 2.75) is 17.5 Å². The number of rotatable bonds is 6. The molecule has 0 fully saturated rings. The Morgan fingerprint density at radius 1 is 1.10 bits per heavy atom. The maximum Gasteiger partial charge on any atom is 0.251 e. The van der Waals surface area contributed by atoms with Crippen LogP contribution >= 0.6 is 11.8 Å². The maximum absolute atomic E-state index is 13.3. The number of aromatic nitrogens is 1. The first-order valence-electron chi connectivity index (χ1n) is 10.0. The summed E-state index contributed by atoms with van der Waals surface area (Å²) in [4.78, 5) is 15.2. The molecule has 1 aliphatic rings. The van der Waals surface area contributed by atoms with E-state index >= 15 is 0 Å². The van der Waals surface area contributed by atoms with E-state index in [9.17, 15) is 10.0 Å². The summed E-state index contributed by atoms with van der Waals surface area (Å²) in [5.74, 6) is 1.51. The Labute approximate surface area is 186 Å². The number of hydrogen-bond acceptors (Lipinski definition) is 5. The van der Waals surface area contributed by atoms with E-state index in [0.29, 0.717) is 23.1 Å². The summed E-state index contributed by atoms with van der Waals surface area (Å²) in [6.45, 7) is 0.591. The SMILES string of the molecule is COc1cc2c(cc1OC)[C@H](c1ccccc1)N(C(=O)CSc1cccc[n+]1[O-])CC2. The quantitative estimate of drug-likeness (QED) is 0.336. The second-order valence-electron chi connectivity index (χ2n) is 7.21. The fourth-order valence-electron chi connectivity index (χ4n) is 3.95. The zero-order valence-electron chi connectivity index (χ0n) is 17.5. The van der Waals surface area contributed by atoms with Crippen molar-refractivity contribution < 1.29 is 19.0 Å². The number of carbonyl (C=O) groups excluding carboxylic acids is 1. The van der Waals surface area contributed by atoms with Crippen molar-refractivity contribution in [1.82, 2.24) is 4.90 Å². The summed E-state index contributed by atoms with van der Waals surface area (Å²) in [6.07, 6.45) is 2.17. The molecule has 0 aliphatic carbocycles. The summed E-state index contributed by atoms with van der Waals surface area (Å²) >= 11 is 1.26. The van der Waals surface area contributed by atoms with Crippen LogP contribution in [0, 0.1) is 5.21 Å². The normalized spacial score (nSPS) is 15.3. The molecule has 7 heteroatoms. The summed E-state index contributed by atoms with van der Waals surface area (Å²) in [7, 11) is 3.24. The van der Waals surface area contributed by atoms with Crippen molar-refractivity contribution in [2.75, 3.05) is 26.5 Å². The summed E-state index contributed by atoms with van der Waals surface area (Å²) in [5.41, 5.74) is 3.21. The fraction of sp³-hybridized carbons (Fsp3) is 0.250. The number of ether oxygens (including phenoxy) is 2. The first-order chi connectivity index (χ1) is 15.1. The first kappa shape index (κ1) is 21.1. The molecular weight excluding hydrogens is 412 g/mol. The van der Waals surface area contributed by atoms with Gasteiger partial charge in [-0.15, -0.1) is 0 Å². The summed E-state index contributed by atoms with van der Waals surface area (Å²) < 4.78 is 11.8. The number of pyridine rings is 1. The van der Waals surface area contributed by atoms with E-state index in [1.54, 1.807) is 32.4 Å². The highest BCUT2D eigenvalue weighted by Crippen LogP contribution is 2.41. The van der Waals surface area contributed by atoms with Gasteiger partial charge in [-0.3, -0.25) is 4.79 Å². The molecule has 0 N–H and O–H groups in total. The van der Waals surface area contributed by atoms with Gasteiger partial charge in [-0.25, -0.2) is 0 Å². The van der Waals surface area contributed by atoms with Gasteiger partial charge in [0.25, 0.3) is 5.03 Å². The van der Waals surface area contributed by atoms with Crippen LogP contribution in [0.3, 0.4) is 0 Å². The smallest absolute Gasteiger partial charge is 0.251 e. The van der Waals surface area contributed by atoms with E-state index < -0.39 is 0 Å². The van der Waals surface area contributed by atoms with Gasteiger partial charge in [-0.2, -0.15) is 4.73 Å². The number of methoxy groups -OCH3 is 2. The molecule has 3 aromatic rings. The predicted molar refractivity (Wildman–Crippen MR) is 119 cm³/mol. The van der Waals surface area contributed by atoms with E-state index in [-0.39, 0.29) is 17.7 Å². The highest BCUT2D eigenvalue weighted by atomic mass is 32.2. The van der Waals surface area contributed by atoms with Crippen LogP contribution in [0.15, 0.2) is 71.9 Å². The number of benzene rings is 2. The lowest BCUT2D eigenvalue weighted by Crippen LogP contribution is -2.41. The van der Waals surface area contributed by atoms with Gasteiger partial charge in [0, 0.05) is 18.7 Å². The molecule has 0 radical (unpaired) electrons. The summed E-state index contributed by atoms with van der Waals surface area (Å²) in [6, 6.07) is 18.9. The van der Waals surface area contributed by atoms with Gasteiger partial charge in [-0.1, -0.05) is 30.3 Å². The van der Waals surface area contributed by atoms with E-state index in [1.807, 2.05) is 47.4 Å². The molecule has 1 amide bonds. The molecule has 0 unspecified atom stereocenters. The van der Waals surface area contributed by atoms with Gasteiger partial charge in [-0.05, 0) is 53.1 Å². The molecule has 31 heavy (non-hydrogen) atoms. The molecule has 1 aliphatic heterocycles. The van der Waals surface area contributed by atoms with E-state index in [4.69, 9.17) is 9.47 Å². The summed E-state index contributed by atoms with van der Waals surface area (Å²) in [5, 5.41) is 12.4. The van der Waals surface area contributed by atoms with E-state index in [2.05, 4.69) is 0 Å². The fourth-order valence-corrected chi connectivity index (χ4v) is 4.75. The second kappa shape index (κ2) is 9.31. The van der Waals surface area contributed by atoms with Crippen LogP contribution in [0.1, 0.15) is 22.7 Å². The number of amides is 1. The minimum absolute atomic E-state index is 0.0110. The highest BCUT2D eigenvalue weighted by Gasteiger charge is 2.33. The van der Waals surface area contributed by atoms with Gasteiger partial charge in [0.15, 0.2) is 17.7 Å². The largest absolute Gasteiger partial charge is 0.618 e. The van der Waals surface area contributed by atoms with E-state index in [1.165, 1.54) is 18.0 Å². The standard InChI is InChI=1S/C24H24N2O4S/c1-29-20-14-18-11-13-25(22(27)16-31-23-10-6-7-12-26(23)28)24(17-8-4-3-5-9-17)19(18)15-21(20)30-2/h3-10,12,14-15,24H,11,13,16H2,1-2H3/t24-/m0/s1. The molecule has 0 saturated heterocycles. The average molecular weight is 437 g/mol. The van der Waals surface area contributed by atoms with Gasteiger partial charge >= 0.3 is 0 Å². The van der Waals surface area contributed by atoms with Crippen LogP contribution in [0.4, 0.5) is 0 Å². The maximum atomic E-state index is 13.3. The highest BCUT2D eigenvalue weighted by molar-refractivity contribution is 7.99. The average Bonchev–Trinajstić information content (AvgIpc) is 2.82. The van der Waals surface area contributed by atoms with Gasteiger partial charge < -0.3 is 19.6 Å². The molecule has 160 valence electrons. The zero-order valence-corrected chi connectivity index (χ0v) is 18.3.